The maximum Gasteiger partial charge on any atom is 0.309 e. The summed E-state index contributed by atoms with van der Waals surface area (Å²) >= 11 is 1.50. The predicted octanol–water partition coefficient (Wildman–Crippen LogP) is 2.50. The Labute approximate surface area is 105 Å². The van der Waals surface area contributed by atoms with Crippen LogP contribution < -0.4 is 0 Å². The maximum atomic E-state index is 10.6. The van der Waals surface area contributed by atoms with Crippen molar-refractivity contribution in [2.45, 2.75) is 39.4 Å². The first-order chi connectivity index (χ1) is 7.99. The number of nitrogens with zero attached hydrogens (tertiary/aromatic N) is 1. The number of aromatic nitrogens is 1. The summed E-state index contributed by atoms with van der Waals surface area (Å²) in [5.41, 5.74) is 0.629. The van der Waals surface area contributed by atoms with Crippen LogP contribution in [0.5, 0.6) is 0 Å². The van der Waals surface area contributed by atoms with Gasteiger partial charge >= 0.3 is 5.97 Å². The number of hydrogen-bond donors (Lipinski definition) is 1. The van der Waals surface area contributed by atoms with Crippen molar-refractivity contribution in [2.75, 3.05) is 0 Å². The Bertz CT molecular complexity index is 416. The van der Waals surface area contributed by atoms with Gasteiger partial charge in [0.1, 0.15) is 11.1 Å². The zero-order valence-electron chi connectivity index (χ0n) is 10.2. The number of carboxylic acids is 1. The van der Waals surface area contributed by atoms with Crippen LogP contribution in [0, 0.1) is 11.8 Å². The molecule has 1 N–H and O–H groups in total. The van der Waals surface area contributed by atoms with Crippen molar-refractivity contribution in [2.24, 2.45) is 11.8 Å². The van der Waals surface area contributed by atoms with E-state index in [1.165, 1.54) is 11.3 Å². The second kappa shape index (κ2) is 4.74. The van der Waals surface area contributed by atoms with Crippen molar-refractivity contribution >= 4 is 17.3 Å². The second-order valence-corrected chi connectivity index (χ2v) is 5.76. The fourth-order valence-corrected chi connectivity index (χ4v) is 2.68. The number of rotatable bonds is 5. The quantitative estimate of drug-likeness (QED) is 0.821. The van der Waals surface area contributed by atoms with Crippen LogP contribution in [-0.4, -0.2) is 22.2 Å². The number of thiazole rings is 1. The molecule has 1 aliphatic rings. The molecule has 0 radical (unpaired) electrons. The average Bonchev–Trinajstić information content (AvgIpc) is 2.91. The Morgan fingerprint density at radius 2 is 2.29 bits per heavy atom. The molecule has 1 aromatic heterocycles. The van der Waals surface area contributed by atoms with E-state index in [9.17, 15) is 4.79 Å². The van der Waals surface area contributed by atoms with Gasteiger partial charge in [-0.25, -0.2) is 4.98 Å². The lowest BCUT2D eigenvalue weighted by atomic mass is 9.93. The van der Waals surface area contributed by atoms with Crippen molar-refractivity contribution in [3.05, 3.63) is 16.1 Å². The molecule has 0 aromatic carbocycles. The highest BCUT2D eigenvalue weighted by Gasteiger charge is 2.46. The van der Waals surface area contributed by atoms with Gasteiger partial charge in [-0.05, 0) is 11.8 Å². The summed E-state index contributed by atoms with van der Waals surface area (Å²) in [4.78, 5) is 14.9. The smallest absolute Gasteiger partial charge is 0.309 e. The minimum absolute atomic E-state index is 0.00633. The van der Waals surface area contributed by atoms with Gasteiger partial charge in [0, 0.05) is 5.38 Å². The Balaban J connectivity index is 1.97. The van der Waals surface area contributed by atoms with Gasteiger partial charge in [-0.1, -0.05) is 20.8 Å². The van der Waals surface area contributed by atoms with Crippen LogP contribution in [0.1, 0.15) is 37.6 Å². The number of carboxylic acid groups (broad SMARTS) is 1. The van der Waals surface area contributed by atoms with Gasteiger partial charge in [-0.15, -0.1) is 11.3 Å². The standard InChI is InChI=1S/C12H17NO3S/c1-6(2)7(3)10-11(16-10)12-13-8(5-17-12)4-9(14)15/h5-7,10-11H,4H2,1-3H3,(H,14,15). The molecule has 2 rings (SSSR count). The predicted molar refractivity (Wildman–Crippen MR) is 65.1 cm³/mol. The molecule has 1 saturated heterocycles. The lowest BCUT2D eigenvalue weighted by molar-refractivity contribution is -0.136. The first kappa shape index (κ1) is 12.5. The van der Waals surface area contributed by atoms with E-state index in [1.54, 1.807) is 0 Å². The summed E-state index contributed by atoms with van der Waals surface area (Å²) in [5.74, 6) is 0.251. The molecule has 5 heteroatoms. The van der Waals surface area contributed by atoms with E-state index in [2.05, 4.69) is 25.8 Å². The highest BCUT2D eigenvalue weighted by Crippen LogP contribution is 2.46. The lowest BCUT2D eigenvalue weighted by Crippen LogP contribution is -2.11. The average molecular weight is 255 g/mol. The topological polar surface area (TPSA) is 62.7 Å². The molecular formula is C12H17NO3S. The molecule has 0 saturated carbocycles. The minimum atomic E-state index is -0.842. The van der Waals surface area contributed by atoms with Crippen molar-refractivity contribution in [3.63, 3.8) is 0 Å². The molecule has 1 fully saturated rings. The first-order valence-electron chi connectivity index (χ1n) is 5.80. The van der Waals surface area contributed by atoms with Gasteiger partial charge < -0.3 is 9.84 Å². The summed E-state index contributed by atoms with van der Waals surface area (Å²) in [6, 6.07) is 0. The van der Waals surface area contributed by atoms with Crippen molar-refractivity contribution < 1.29 is 14.6 Å². The molecule has 3 atom stereocenters. The second-order valence-electron chi connectivity index (χ2n) is 4.87. The SMILES string of the molecule is CC(C)C(C)C1OC1c1nc(CC(=O)O)cs1. The summed E-state index contributed by atoms with van der Waals surface area (Å²) in [5, 5.41) is 11.4. The van der Waals surface area contributed by atoms with E-state index in [-0.39, 0.29) is 18.6 Å². The Hall–Kier alpha value is -0.940. The summed E-state index contributed by atoms with van der Waals surface area (Å²) in [7, 11) is 0. The third kappa shape index (κ3) is 2.84. The monoisotopic (exact) mass is 255 g/mol. The Morgan fingerprint density at radius 1 is 1.59 bits per heavy atom. The van der Waals surface area contributed by atoms with Gasteiger partial charge in [0.15, 0.2) is 0 Å². The maximum absolute atomic E-state index is 10.6. The molecular weight excluding hydrogens is 238 g/mol. The molecule has 0 amide bonds. The van der Waals surface area contributed by atoms with Gasteiger partial charge in [-0.3, -0.25) is 4.79 Å². The molecule has 1 aromatic rings. The van der Waals surface area contributed by atoms with Crippen LogP contribution in [0.4, 0.5) is 0 Å². The first-order valence-corrected chi connectivity index (χ1v) is 6.68. The van der Waals surface area contributed by atoms with Crippen LogP contribution in [0.25, 0.3) is 0 Å². The van der Waals surface area contributed by atoms with Crippen LogP contribution in [0.3, 0.4) is 0 Å². The molecule has 2 heterocycles. The van der Waals surface area contributed by atoms with Crippen LogP contribution >= 0.6 is 11.3 Å². The number of aliphatic carboxylic acids is 1. The van der Waals surface area contributed by atoms with Crippen molar-refractivity contribution in [3.8, 4) is 0 Å². The van der Waals surface area contributed by atoms with Crippen LogP contribution in [0.15, 0.2) is 5.38 Å². The van der Waals surface area contributed by atoms with Gasteiger partial charge in [-0.2, -0.15) is 0 Å². The fourth-order valence-electron chi connectivity index (χ4n) is 1.79. The molecule has 3 unspecified atom stereocenters. The third-order valence-corrected chi connectivity index (χ3v) is 4.20. The summed E-state index contributed by atoms with van der Waals surface area (Å²) < 4.78 is 5.64. The molecule has 17 heavy (non-hydrogen) atoms. The number of carbonyl (C=O) groups is 1. The highest BCUT2D eigenvalue weighted by molar-refractivity contribution is 7.09. The van der Waals surface area contributed by atoms with E-state index in [0.29, 0.717) is 17.5 Å². The molecule has 4 nitrogen and oxygen atoms in total. The molecule has 0 spiro atoms. The van der Waals surface area contributed by atoms with Gasteiger partial charge in [0.25, 0.3) is 0 Å². The zero-order valence-corrected chi connectivity index (χ0v) is 11.0. The fraction of sp³-hybridized carbons (Fsp3) is 0.667. The van der Waals surface area contributed by atoms with E-state index in [0.717, 1.165) is 5.01 Å². The van der Waals surface area contributed by atoms with Crippen LogP contribution in [-0.2, 0) is 16.0 Å². The Morgan fingerprint density at radius 3 is 2.88 bits per heavy atom. The highest BCUT2D eigenvalue weighted by atomic mass is 32.1. The number of ether oxygens (including phenoxy) is 1. The molecule has 0 bridgehead atoms. The molecule has 94 valence electrons. The van der Waals surface area contributed by atoms with Crippen LogP contribution in [0.2, 0.25) is 0 Å². The minimum Gasteiger partial charge on any atom is -0.481 e. The van der Waals surface area contributed by atoms with Gasteiger partial charge in [0.2, 0.25) is 0 Å². The van der Waals surface area contributed by atoms with E-state index < -0.39 is 5.97 Å². The summed E-state index contributed by atoms with van der Waals surface area (Å²) in [6.07, 6.45) is 0.326. The van der Waals surface area contributed by atoms with E-state index in [1.807, 2.05) is 5.38 Å². The largest absolute Gasteiger partial charge is 0.481 e. The molecule has 1 aliphatic heterocycles. The Kier molecular flexibility index (Phi) is 3.49. The van der Waals surface area contributed by atoms with E-state index >= 15 is 0 Å². The van der Waals surface area contributed by atoms with E-state index in [4.69, 9.17) is 9.84 Å². The normalized spacial score (nSPS) is 24.9. The number of hydrogen-bond acceptors (Lipinski definition) is 4. The number of epoxide rings is 1. The third-order valence-electron chi connectivity index (χ3n) is 3.24. The zero-order chi connectivity index (χ0) is 12.6. The van der Waals surface area contributed by atoms with Gasteiger partial charge in [0.05, 0.1) is 18.2 Å². The van der Waals surface area contributed by atoms with Crippen molar-refractivity contribution in [1.82, 2.24) is 4.98 Å². The molecule has 0 aliphatic carbocycles. The lowest BCUT2D eigenvalue weighted by Gasteiger charge is -2.11. The van der Waals surface area contributed by atoms with Crippen molar-refractivity contribution in [1.29, 1.82) is 0 Å². The summed E-state index contributed by atoms with van der Waals surface area (Å²) in [6.45, 7) is 6.54.